The molecule has 4 rings (SSSR count). The van der Waals surface area contributed by atoms with Crippen LogP contribution >= 0.6 is 0 Å². The van der Waals surface area contributed by atoms with Crippen LogP contribution in [-0.2, 0) is 11.2 Å². The van der Waals surface area contributed by atoms with Crippen LogP contribution in [0.3, 0.4) is 0 Å². The number of carbonyl (C=O) groups excluding carboxylic acids is 1. The maximum Gasteiger partial charge on any atom is 0.256 e. The molecule has 2 N–H and O–H groups in total. The summed E-state index contributed by atoms with van der Waals surface area (Å²) in [5, 5.41) is 6.44. The van der Waals surface area contributed by atoms with Gasteiger partial charge >= 0.3 is 0 Å². The molecule has 1 aromatic heterocycles. The number of carbonyl (C=O) groups is 1. The van der Waals surface area contributed by atoms with Gasteiger partial charge in [0.2, 0.25) is 0 Å². The van der Waals surface area contributed by atoms with Crippen LogP contribution in [0, 0.1) is 6.92 Å². The van der Waals surface area contributed by atoms with E-state index in [0.717, 1.165) is 45.9 Å². The van der Waals surface area contributed by atoms with Gasteiger partial charge in [-0.15, -0.1) is 0 Å². The average molecular weight is 479 g/mol. The van der Waals surface area contributed by atoms with Crippen molar-refractivity contribution in [3.8, 4) is 5.75 Å². The van der Waals surface area contributed by atoms with Gasteiger partial charge in [-0.1, -0.05) is 55.5 Å². The topological polar surface area (TPSA) is 76.1 Å². The number of rotatable bonds is 9. The third-order valence-electron chi connectivity index (χ3n) is 5.65. The standard InChI is InChI=1S/C30H30N4O2/c1-4-23-13-14-25(33-29-17-21(3)31-20-32-29)19-28(23)34-30(35)27(24-9-7-6-8-10-24)18-22-11-15-26(16-12-22)36-5-2/h6-20H,4-5H2,1-3H3,(H,34,35)(H,31,32,33)/b27-18+. The zero-order valence-corrected chi connectivity index (χ0v) is 20.8. The lowest BCUT2D eigenvalue weighted by Crippen LogP contribution is -2.15. The Morgan fingerprint density at radius 2 is 1.72 bits per heavy atom. The number of nitrogens with one attached hydrogen (secondary N) is 2. The van der Waals surface area contributed by atoms with Crippen LogP contribution in [0.4, 0.5) is 17.2 Å². The molecule has 0 atom stereocenters. The van der Waals surface area contributed by atoms with Crippen LogP contribution in [0.15, 0.2) is 85.2 Å². The first-order valence-electron chi connectivity index (χ1n) is 12.1. The molecule has 0 spiro atoms. The minimum absolute atomic E-state index is 0.181. The van der Waals surface area contributed by atoms with Crippen LogP contribution in [0.1, 0.15) is 36.2 Å². The van der Waals surface area contributed by atoms with Crippen LogP contribution in [0.5, 0.6) is 5.75 Å². The number of hydrogen-bond acceptors (Lipinski definition) is 5. The lowest BCUT2D eigenvalue weighted by Gasteiger charge is -2.15. The summed E-state index contributed by atoms with van der Waals surface area (Å²) in [5.41, 5.74) is 5.83. The molecule has 0 aliphatic heterocycles. The maximum atomic E-state index is 13.6. The molecule has 6 nitrogen and oxygen atoms in total. The highest BCUT2D eigenvalue weighted by Gasteiger charge is 2.15. The van der Waals surface area contributed by atoms with Gasteiger partial charge in [-0.2, -0.15) is 0 Å². The summed E-state index contributed by atoms with van der Waals surface area (Å²) in [5.74, 6) is 1.32. The van der Waals surface area contributed by atoms with Gasteiger partial charge in [0, 0.05) is 28.7 Å². The predicted molar refractivity (Wildman–Crippen MR) is 146 cm³/mol. The molecule has 0 aliphatic carbocycles. The second-order valence-corrected chi connectivity index (χ2v) is 8.28. The van der Waals surface area contributed by atoms with Crippen molar-refractivity contribution < 1.29 is 9.53 Å². The Hall–Kier alpha value is -4.45. The zero-order chi connectivity index (χ0) is 25.3. The van der Waals surface area contributed by atoms with Gasteiger partial charge in [0.1, 0.15) is 17.9 Å². The van der Waals surface area contributed by atoms with E-state index in [2.05, 4.69) is 27.5 Å². The van der Waals surface area contributed by atoms with Crippen molar-refractivity contribution in [2.45, 2.75) is 27.2 Å². The first-order chi connectivity index (χ1) is 17.6. The van der Waals surface area contributed by atoms with E-state index in [-0.39, 0.29) is 5.91 Å². The number of aromatic nitrogens is 2. The van der Waals surface area contributed by atoms with Gasteiger partial charge in [-0.3, -0.25) is 4.79 Å². The van der Waals surface area contributed by atoms with Crippen molar-refractivity contribution >= 4 is 34.7 Å². The first kappa shape index (κ1) is 24.7. The summed E-state index contributed by atoms with van der Waals surface area (Å²) >= 11 is 0. The Balaban J connectivity index is 1.64. The molecular formula is C30H30N4O2. The van der Waals surface area contributed by atoms with E-state index in [9.17, 15) is 4.79 Å². The molecule has 182 valence electrons. The average Bonchev–Trinajstić information content (AvgIpc) is 2.89. The quantitative estimate of drug-likeness (QED) is 0.208. The van der Waals surface area contributed by atoms with Crippen molar-refractivity contribution in [1.29, 1.82) is 0 Å². The van der Waals surface area contributed by atoms with E-state index >= 15 is 0 Å². The van der Waals surface area contributed by atoms with Crippen LogP contribution in [-0.4, -0.2) is 22.5 Å². The predicted octanol–water partition coefficient (Wildman–Crippen LogP) is 6.67. The van der Waals surface area contributed by atoms with E-state index in [0.29, 0.717) is 18.0 Å². The molecule has 6 heteroatoms. The maximum absolute atomic E-state index is 13.6. The SMILES string of the molecule is CCOc1ccc(/C=C(/C(=O)Nc2cc(Nc3cc(C)ncn3)ccc2CC)c2ccccc2)cc1. The number of amides is 1. The fourth-order valence-corrected chi connectivity index (χ4v) is 3.83. The van der Waals surface area contributed by atoms with Gasteiger partial charge in [0.05, 0.1) is 6.61 Å². The van der Waals surface area contributed by atoms with Crippen LogP contribution in [0.2, 0.25) is 0 Å². The summed E-state index contributed by atoms with van der Waals surface area (Å²) in [6.45, 7) is 6.55. The summed E-state index contributed by atoms with van der Waals surface area (Å²) in [6.07, 6.45) is 4.21. The van der Waals surface area contributed by atoms with E-state index in [4.69, 9.17) is 4.74 Å². The Morgan fingerprint density at radius 3 is 2.42 bits per heavy atom. The van der Waals surface area contributed by atoms with E-state index < -0.39 is 0 Å². The molecule has 1 amide bonds. The Morgan fingerprint density at radius 1 is 0.944 bits per heavy atom. The zero-order valence-electron chi connectivity index (χ0n) is 20.8. The van der Waals surface area contributed by atoms with Gasteiger partial charge in [0.15, 0.2) is 0 Å². The second kappa shape index (κ2) is 11.8. The fraction of sp³-hybridized carbons (Fsp3) is 0.167. The number of nitrogens with zero attached hydrogens (tertiary/aromatic N) is 2. The number of hydrogen-bond donors (Lipinski definition) is 2. The van der Waals surface area contributed by atoms with Gasteiger partial charge < -0.3 is 15.4 Å². The monoisotopic (exact) mass is 478 g/mol. The number of anilines is 3. The minimum Gasteiger partial charge on any atom is -0.494 e. The largest absolute Gasteiger partial charge is 0.494 e. The van der Waals surface area contributed by atoms with Crippen molar-refractivity contribution in [2.75, 3.05) is 17.2 Å². The summed E-state index contributed by atoms with van der Waals surface area (Å²) in [4.78, 5) is 22.0. The third kappa shape index (κ3) is 6.36. The minimum atomic E-state index is -0.181. The summed E-state index contributed by atoms with van der Waals surface area (Å²) in [7, 11) is 0. The molecule has 36 heavy (non-hydrogen) atoms. The van der Waals surface area contributed by atoms with E-state index in [1.165, 1.54) is 6.33 Å². The lowest BCUT2D eigenvalue weighted by molar-refractivity contribution is -0.111. The normalized spacial score (nSPS) is 11.1. The molecule has 0 aliphatic rings. The Labute approximate surface area is 212 Å². The Kier molecular flexibility index (Phi) is 8.08. The second-order valence-electron chi connectivity index (χ2n) is 8.28. The fourth-order valence-electron chi connectivity index (χ4n) is 3.83. The van der Waals surface area contributed by atoms with Gasteiger partial charge in [-0.05, 0) is 67.3 Å². The molecule has 0 fully saturated rings. The molecule has 3 aromatic carbocycles. The molecule has 0 radical (unpaired) electrons. The van der Waals surface area contributed by atoms with Crippen LogP contribution < -0.4 is 15.4 Å². The molecule has 0 bridgehead atoms. The summed E-state index contributed by atoms with van der Waals surface area (Å²) in [6, 6.07) is 25.2. The van der Waals surface area contributed by atoms with Crippen LogP contribution in [0.25, 0.3) is 11.6 Å². The van der Waals surface area contributed by atoms with Crippen molar-refractivity contribution in [3.05, 3.63) is 108 Å². The van der Waals surface area contributed by atoms with Gasteiger partial charge in [0.25, 0.3) is 5.91 Å². The molecule has 4 aromatic rings. The van der Waals surface area contributed by atoms with E-state index in [1.54, 1.807) is 0 Å². The molecular weight excluding hydrogens is 448 g/mol. The van der Waals surface area contributed by atoms with Gasteiger partial charge in [-0.25, -0.2) is 9.97 Å². The first-order valence-corrected chi connectivity index (χ1v) is 12.1. The lowest BCUT2D eigenvalue weighted by atomic mass is 10.0. The Bertz CT molecular complexity index is 1350. The molecule has 0 saturated heterocycles. The molecule has 1 heterocycles. The highest BCUT2D eigenvalue weighted by Crippen LogP contribution is 2.27. The molecule has 0 saturated carbocycles. The van der Waals surface area contributed by atoms with Crippen molar-refractivity contribution in [3.63, 3.8) is 0 Å². The van der Waals surface area contributed by atoms with E-state index in [1.807, 2.05) is 98.8 Å². The third-order valence-corrected chi connectivity index (χ3v) is 5.65. The summed E-state index contributed by atoms with van der Waals surface area (Å²) < 4.78 is 5.55. The number of aryl methyl sites for hydroxylation is 2. The van der Waals surface area contributed by atoms with Crippen molar-refractivity contribution in [1.82, 2.24) is 9.97 Å². The number of benzene rings is 3. The van der Waals surface area contributed by atoms with Crippen molar-refractivity contribution in [2.24, 2.45) is 0 Å². The number of ether oxygens (including phenoxy) is 1. The highest BCUT2D eigenvalue weighted by atomic mass is 16.5. The molecule has 0 unspecified atom stereocenters. The highest BCUT2D eigenvalue weighted by molar-refractivity contribution is 6.29. The smallest absolute Gasteiger partial charge is 0.256 e.